The minimum absolute atomic E-state index is 0.0805. The molecule has 2 aromatic rings. The first-order valence-electron chi connectivity index (χ1n) is 5.54. The number of ether oxygens (including phenoxy) is 1. The smallest absolute Gasteiger partial charge is 0.167 e. The number of imidazole rings is 1. The summed E-state index contributed by atoms with van der Waals surface area (Å²) in [5, 5.41) is 20.0. The van der Waals surface area contributed by atoms with E-state index in [4.69, 9.17) is 27.9 Å². The van der Waals surface area contributed by atoms with Gasteiger partial charge >= 0.3 is 0 Å². The Hall–Kier alpha value is -0.990. The zero-order valence-electron chi connectivity index (χ0n) is 9.52. The van der Waals surface area contributed by atoms with Crippen molar-refractivity contribution in [3.05, 3.63) is 17.8 Å². The molecule has 7 nitrogen and oxygen atoms in total. The van der Waals surface area contributed by atoms with Gasteiger partial charge in [0.25, 0.3) is 0 Å². The summed E-state index contributed by atoms with van der Waals surface area (Å²) in [6.07, 6.45) is -0.902. The first kappa shape index (κ1) is 13.0. The van der Waals surface area contributed by atoms with Gasteiger partial charge in [-0.3, -0.25) is 4.57 Å². The highest BCUT2D eigenvalue weighted by Crippen LogP contribution is 2.32. The fourth-order valence-electron chi connectivity index (χ4n) is 2.10. The summed E-state index contributed by atoms with van der Waals surface area (Å²) in [6, 6.07) is 0. The van der Waals surface area contributed by atoms with E-state index in [1.165, 1.54) is 17.2 Å². The molecule has 2 N–H and O–H groups in total. The van der Waals surface area contributed by atoms with Crippen LogP contribution in [0.2, 0.25) is 5.15 Å². The zero-order valence-corrected chi connectivity index (χ0v) is 11.0. The van der Waals surface area contributed by atoms with Crippen molar-refractivity contribution in [2.75, 3.05) is 5.88 Å². The van der Waals surface area contributed by atoms with Crippen LogP contribution in [0.4, 0.5) is 0 Å². The Labute approximate surface area is 117 Å². The molecule has 3 heterocycles. The Balaban J connectivity index is 2.04. The van der Waals surface area contributed by atoms with Crippen molar-refractivity contribution in [3.8, 4) is 0 Å². The molecule has 19 heavy (non-hydrogen) atoms. The first-order valence-corrected chi connectivity index (χ1v) is 6.45. The van der Waals surface area contributed by atoms with Gasteiger partial charge in [-0.2, -0.15) is 0 Å². The number of alkyl halides is 1. The molecular formula is C10H10Cl2N4O3. The average Bonchev–Trinajstić information content (AvgIpc) is 2.94. The number of hydrogen-bond donors (Lipinski definition) is 2. The molecule has 0 saturated carbocycles. The number of hydrogen-bond acceptors (Lipinski definition) is 6. The monoisotopic (exact) mass is 304 g/mol. The van der Waals surface area contributed by atoms with Crippen molar-refractivity contribution < 1.29 is 14.9 Å². The number of halogens is 2. The minimum Gasteiger partial charge on any atom is -0.387 e. The van der Waals surface area contributed by atoms with Crippen molar-refractivity contribution in [2.24, 2.45) is 0 Å². The molecule has 1 aliphatic heterocycles. The third-order valence-corrected chi connectivity index (χ3v) is 3.66. The number of nitrogens with zero attached hydrogens (tertiary/aromatic N) is 4. The van der Waals surface area contributed by atoms with Gasteiger partial charge in [0.15, 0.2) is 17.0 Å². The lowest BCUT2D eigenvalue weighted by Crippen LogP contribution is -2.32. The summed E-state index contributed by atoms with van der Waals surface area (Å²) < 4.78 is 7.02. The molecule has 0 spiro atoms. The van der Waals surface area contributed by atoms with Gasteiger partial charge < -0.3 is 14.9 Å². The Morgan fingerprint density at radius 2 is 2.05 bits per heavy atom. The van der Waals surface area contributed by atoms with Gasteiger partial charge in [0, 0.05) is 0 Å². The molecule has 0 aliphatic carbocycles. The van der Waals surface area contributed by atoms with Crippen molar-refractivity contribution in [1.29, 1.82) is 0 Å². The number of rotatable bonds is 2. The van der Waals surface area contributed by atoms with Crippen LogP contribution in [0.15, 0.2) is 12.7 Å². The Kier molecular flexibility index (Phi) is 3.32. The molecule has 0 aromatic carbocycles. The lowest BCUT2D eigenvalue weighted by atomic mass is 10.1. The lowest BCUT2D eigenvalue weighted by molar-refractivity contribution is -0.0291. The molecule has 9 heteroatoms. The largest absolute Gasteiger partial charge is 0.387 e. The summed E-state index contributed by atoms with van der Waals surface area (Å²) in [5.74, 6) is 0.0805. The van der Waals surface area contributed by atoms with E-state index < -0.39 is 24.5 Å². The maximum atomic E-state index is 10.0. The third kappa shape index (κ3) is 1.98. The van der Waals surface area contributed by atoms with E-state index >= 15 is 0 Å². The first-order chi connectivity index (χ1) is 9.13. The topological polar surface area (TPSA) is 93.3 Å². The highest BCUT2D eigenvalue weighted by atomic mass is 35.5. The van der Waals surface area contributed by atoms with Gasteiger partial charge in [-0.1, -0.05) is 11.6 Å². The van der Waals surface area contributed by atoms with Gasteiger partial charge in [0.05, 0.1) is 12.2 Å². The molecule has 0 bridgehead atoms. The van der Waals surface area contributed by atoms with E-state index in [9.17, 15) is 10.2 Å². The zero-order chi connectivity index (χ0) is 13.6. The van der Waals surface area contributed by atoms with Crippen LogP contribution in [0, 0.1) is 0 Å². The molecular weight excluding hydrogens is 295 g/mol. The second kappa shape index (κ2) is 4.84. The van der Waals surface area contributed by atoms with E-state index in [1.807, 2.05) is 0 Å². The predicted molar refractivity (Wildman–Crippen MR) is 67.0 cm³/mol. The van der Waals surface area contributed by atoms with E-state index in [2.05, 4.69) is 15.0 Å². The highest BCUT2D eigenvalue weighted by molar-refractivity contribution is 6.33. The van der Waals surface area contributed by atoms with Gasteiger partial charge in [-0.05, 0) is 0 Å². The van der Waals surface area contributed by atoms with Crippen LogP contribution in [0.1, 0.15) is 6.23 Å². The Morgan fingerprint density at radius 3 is 2.74 bits per heavy atom. The summed E-state index contributed by atoms with van der Waals surface area (Å²) in [5.41, 5.74) is 0.829. The third-order valence-electron chi connectivity index (χ3n) is 3.08. The molecule has 102 valence electrons. The molecule has 1 unspecified atom stereocenters. The normalized spacial score (nSPS) is 31.2. The average molecular weight is 305 g/mol. The van der Waals surface area contributed by atoms with E-state index in [-0.39, 0.29) is 11.0 Å². The SMILES string of the molecule is O[C@@H]1[C@H](O)C(CCl)O[C@H]1n1cnc2c(Cl)ncnc21. The molecule has 1 fully saturated rings. The van der Waals surface area contributed by atoms with Crippen LogP contribution in [-0.4, -0.2) is 53.9 Å². The van der Waals surface area contributed by atoms with Crippen molar-refractivity contribution in [3.63, 3.8) is 0 Å². The fraction of sp³-hybridized carbons (Fsp3) is 0.500. The Bertz CT molecular complexity index is 607. The number of fused-ring (bicyclic) bond motifs is 1. The van der Waals surface area contributed by atoms with Crippen LogP contribution < -0.4 is 0 Å². The molecule has 1 saturated heterocycles. The molecule has 0 amide bonds. The minimum atomic E-state index is -1.12. The van der Waals surface area contributed by atoms with E-state index in [1.54, 1.807) is 0 Å². The lowest BCUT2D eigenvalue weighted by Gasteiger charge is -2.16. The van der Waals surface area contributed by atoms with Crippen LogP contribution in [0.25, 0.3) is 11.2 Å². The second-order valence-corrected chi connectivity index (χ2v) is 4.86. The summed E-state index contributed by atoms with van der Waals surface area (Å²) in [7, 11) is 0. The second-order valence-electron chi connectivity index (χ2n) is 4.19. The predicted octanol–water partition coefficient (Wildman–Crippen LogP) is 0.338. The van der Waals surface area contributed by atoms with Crippen molar-refractivity contribution >= 4 is 34.4 Å². The van der Waals surface area contributed by atoms with E-state index in [0.717, 1.165) is 0 Å². The summed E-state index contributed by atoms with van der Waals surface area (Å²) in [6.45, 7) is 0. The number of aromatic nitrogens is 4. The quantitative estimate of drug-likeness (QED) is 0.614. The molecule has 1 aliphatic rings. The maximum absolute atomic E-state index is 10.0. The van der Waals surface area contributed by atoms with Crippen LogP contribution in [-0.2, 0) is 4.74 Å². The molecule has 0 radical (unpaired) electrons. The van der Waals surface area contributed by atoms with Gasteiger partial charge in [0.2, 0.25) is 0 Å². The van der Waals surface area contributed by atoms with Crippen molar-refractivity contribution in [1.82, 2.24) is 19.5 Å². The molecule has 2 aromatic heterocycles. The highest BCUT2D eigenvalue weighted by Gasteiger charge is 2.43. The van der Waals surface area contributed by atoms with Gasteiger partial charge in [-0.15, -0.1) is 11.6 Å². The number of aliphatic hydroxyl groups excluding tert-OH is 2. The van der Waals surface area contributed by atoms with Crippen LogP contribution in [0.3, 0.4) is 0 Å². The standard InChI is InChI=1S/C10H10Cl2N4O3/c11-1-4-6(17)7(18)10(19-4)16-3-15-5-8(12)13-2-14-9(5)16/h2-4,6-7,10,17-18H,1H2/t4?,6-,7-,10-/m1/s1. The molecule has 4 atom stereocenters. The number of aliphatic hydroxyl groups is 2. The fourth-order valence-corrected chi connectivity index (χ4v) is 2.53. The maximum Gasteiger partial charge on any atom is 0.167 e. The van der Waals surface area contributed by atoms with Gasteiger partial charge in [-0.25, -0.2) is 15.0 Å². The van der Waals surface area contributed by atoms with Crippen LogP contribution in [0.5, 0.6) is 0 Å². The molecule has 3 rings (SSSR count). The van der Waals surface area contributed by atoms with Crippen LogP contribution >= 0.6 is 23.2 Å². The van der Waals surface area contributed by atoms with Crippen molar-refractivity contribution in [2.45, 2.75) is 24.5 Å². The van der Waals surface area contributed by atoms with Gasteiger partial charge in [0.1, 0.15) is 30.2 Å². The summed E-state index contributed by atoms with van der Waals surface area (Å²) >= 11 is 11.6. The summed E-state index contributed by atoms with van der Waals surface area (Å²) in [4.78, 5) is 11.9. The Morgan fingerprint density at radius 1 is 1.26 bits per heavy atom. The van der Waals surface area contributed by atoms with E-state index in [0.29, 0.717) is 11.2 Å².